The third kappa shape index (κ3) is 4.19. The molecule has 0 amide bonds. The van der Waals surface area contributed by atoms with E-state index in [2.05, 4.69) is 37.5 Å². The number of piperidine rings is 1. The van der Waals surface area contributed by atoms with Crippen molar-refractivity contribution in [2.75, 3.05) is 18.8 Å². The van der Waals surface area contributed by atoms with Crippen LogP contribution in [0.2, 0.25) is 0 Å². The molecule has 1 saturated heterocycles. The SMILES string of the molecule is C=C(C)CSC(C)C1CCNCC1. The maximum absolute atomic E-state index is 3.94. The minimum Gasteiger partial charge on any atom is -0.317 e. The van der Waals surface area contributed by atoms with Crippen LogP contribution in [0, 0.1) is 5.92 Å². The fourth-order valence-electron chi connectivity index (χ4n) is 1.72. The summed E-state index contributed by atoms with van der Waals surface area (Å²) < 4.78 is 0. The second kappa shape index (κ2) is 5.71. The van der Waals surface area contributed by atoms with E-state index in [-0.39, 0.29) is 0 Å². The summed E-state index contributed by atoms with van der Waals surface area (Å²) in [5.41, 5.74) is 1.30. The highest BCUT2D eigenvalue weighted by Crippen LogP contribution is 2.27. The van der Waals surface area contributed by atoms with Crippen molar-refractivity contribution in [1.29, 1.82) is 0 Å². The molecule has 0 aromatic rings. The molecule has 1 fully saturated rings. The van der Waals surface area contributed by atoms with Gasteiger partial charge in [-0.2, -0.15) is 11.8 Å². The topological polar surface area (TPSA) is 12.0 Å². The number of thioether (sulfide) groups is 1. The van der Waals surface area contributed by atoms with Gasteiger partial charge < -0.3 is 5.32 Å². The van der Waals surface area contributed by atoms with E-state index in [4.69, 9.17) is 0 Å². The maximum atomic E-state index is 3.94. The van der Waals surface area contributed by atoms with E-state index in [9.17, 15) is 0 Å². The number of rotatable bonds is 4. The summed E-state index contributed by atoms with van der Waals surface area (Å²) in [7, 11) is 0. The van der Waals surface area contributed by atoms with E-state index < -0.39 is 0 Å². The lowest BCUT2D eigenvalue weighted by atomic mass is 9.95. The largest absolute Gasteiger partial charge is 0.317 e. The van der Waals surface area contributed by atoms with Crippen LogP contribution < -0.4 is 5.32 Å². The monoisotopic (exact) mass is 199 g/mol. The quantitative estimate of drug-likeness (QED) is 0.699. The Morgan fingerprint density at radius 3 is 2.69 bits per heavy atom. The molecular weight excluding hydrogens is 178 g/mol. The van der Waals surface area contributed by atoms with E-state index in [1.807, 2.05) is 0 Å². The van der Waals surface area contributed by atoms with Crippen LogP contribution in [0.1, 0.15) is 26.7 Å². The molecule has 1 unspecified atom stereocenters. The van der Waals surface area contributed by atoms with Crippen LogP contribution in [-0.4, -0.2) is 24.1 Å². The molecule has 13 heavy (non-hydrogen) atoms. The lowest BCUT2D eigenvalue weighted by Crippen LogP contribution is -2.31. The first kappa shape index (κ1) is 11.1. The molecule has 1 heterocycles. The van der Waals surface area contributed by atoms with Gasteiger partial charge in [0, 0.05) is 11.0 Å². The van der Waals surface area contributed by atoms with Gasteiger partial charge in [0.05, 0.1) is 0 Å². The highest BCUT2D eigenvalue weighted by atomic mass is 32.2. The van der Waals surface area contributed by atoms with Gasteiger partial charge in [0.2, 0.25) is 0 Å². The first-order chi connectivity index (χ1) is 6.20. The summed E-state index contributed by atoms with van der Waals surface area (Å²) >= 11 is 2.06. The minimum absolute atomic E-state index is 0.804. The third-order valence-corrected chi connectivity index (χ3v) is 4.21. The summed E-state index contributed by atoms with van der Waals surface area (Å²) in [6, 6.07) is 0. The number of hydrogen-bond donors (Lipinski definition) is 1. The summed E-state index contributed by atoms with van der Waals surface area (Å²) in [4.78, 5) is 0. The lowest BCUT2D eigenvalue weighted by Gasteiger charge is -2.27. The van der Waals surface area contributed by atoms with Gasteiger partial charge in [-0.05, 0) is 38.8 Å². The first-order valence-electron chi connectivity index (χ1n) is 5.17. The molecule has 1 rings (SSSR count). The summed E-state index contributed by atoms with van der Waals surface area (Å²) in [5.74, 6) is 2.05. The van der Waals surface area contributed by atoms with Crippen molar-refractivity contribution < 1.29 is 0 Å². The maximum Gasteiger partial charge on any atom is 0.0140 e. The average molecular weight is 199 g/mol. The molecule has 1 aliphatic rings. The zero-order valence-corrected chi connectivity index (χ0v) is 9.62. The van der Waals surface area contributed by atoms with Crippen LogP contribution >= 0.6 is 11.8 Å². The van der Waals surface area contributed by atoms with Crippen molar-refractivity contribution in [3.8, 4) is 0 Å². The summed E-state index contributed by atoms with van der Waals surface area (Å²) in [6.45, 7) is 10.8. The Morgan fingerprint density at radius 2 is 2.15 bits per heavy atom. The zero-order valence-electron chi connectivity index (χ0n) is 8.81. The molecule has 0 aromatic heterocycles. The second-order valence-electron chi connectivity index (χ2n) is 4.06. The molecule has 76 valence electrons. The van der Waals surface area contributed by atoms with Crippen LogP contribution in [-0.2, 0) is 0 Å². The molecule has 0 saturated carbocycles. The Kier molecular flexibility index (Phi) is 4.89. The van der Waals surface area contributed by atoms with Gasteiger partial charge >= 0.3 is 0 Å². The van der Waals surface area contributed by atoms with Gasteiger partial charge in [0.25, 0.3) is 0 Å². The van der Waals surface area contributed by atoms with E-state index in [1.165, 1.54) is 31.5 Å². The molecule has 0 aliphatic carbocycles. The van der Waals surface area contributed by atoms with E-state index in [1.54, 1.807) is 0 Å². The van der Waals surface area contributed by atoms with Gasteiger partial charge in [-0.1, -0.05) is 19.1 Å². The van der Waals surface area contributed by atoms with Gasteiger partial charge in [-0.3, -0.25) is 0 Å². The van der Waals surface area contributed by atoms with Crippen LogP contribution in [0.3, 0.4) is 0 Å². The van der Waals surface area contributed by atoms with Gasteiger partial charge in [0.1, 0.15) is 0 Å². The molecule has 1 N–H and O–H groups in total. The molecule has 0 aromatic carbocycles. The Bertz CT molecular complexity index is 161. The predicted octanol–water partition coefficient (Wildman–Crippen LogP) is 2.68. The van der Waals surface area contributed by atoms with E-state index >= 15 is 0 Å². The molecule has 1 atom stereocenters. The first-order valence-corrected chi connectivity index (χ1v) is 6.21. The Hall–Kier alpha value is 0.0500. The molecule has 1 nitrogen and oxygen atoms in total. The molecule has 0 bridgehead atoms. The molecular formula is C11H21NS. The highest BCUT2D eigenvalue weighted by Gasteiger charge is 2.19. The van der Waals surface area contributed by atoms with Crippen molar-refractivity contribution in [3.63, 3.8) is 0 Å². The van der Waals surface area contributed by atoms with Crippen LogP contribution in [0.4, 0.5) is 0 Å². The van der Waals surface area contributed by atoms with E-state index in [0.29, 0.717) is 0 Å². The second-order valence-corrected chi connectivity index (χ2v) is 5.43. The summed E-state index contributed by atoms with van der Waals surface area (Å²) in [5, 5.41) is 4.21. The average Bonchev–Trinajstić information content (AvgIpc) is 2.15. The Morgan fingerprint density at radius 1 is 1.54 bits per heavy atom. The van der Waals surface area contributed by atoms with Crippen LogP contribution in [0.15, 0.2) is 12.2 Å². The van der Waals surface area contributed by atoms with E-state index in [0.717, 1.165) is 16.9 Å². The summed E-state index contributed by atoms with van der Waals surface area (Å²) in [6.07, 6.45) is 2.70. The lowest BCUT2D eigenvalue weighted by molar-refractivity contribution is 0.373. The highest BCUT2D eigenvalue weighted by molar-refractivity contribution is 8.00. The Labute approximate surface area is 86.4 Å². The number of nitrogens with one attached hydrogen (secondary N) is 1. The predicted molar refractivity (Wildman–Crippen MR) is 62.3 cm³/mol. The van der Waals surface area contributed by atoms with Crippen LogP contribution in [0.5, 0.6) is 0 Å². The van der Waals surface area contributed by atoms with Crippen molar-refractivity contribution in [2.24, 2.45) is 5.92 Å². The van der Waals surface area contributed by atoms with Crippen molar-refractivity contribution >= 4 is 11.8 Å². The van der Waals surface area contributed by atoms with Gasteiger partial charge in [0.15, 0.2) is 0 Å². The molecule has 0 radical (unpaired) electrons. The normalized spacial score (nSPS) is 21.4. The van der Waals surface area contributed by atoms with Gasteiger partial charge in [-0.15, -0.1) is 0 Å². The van der Waals surface area contributed by atoms with Gasteiger partial charge in [-0.25, -0.2) is 0 Å². The minimum atomic E-state index is 0.804. The molecule has 0 spiro atoms. The molecule has 1 aliphatic heterocycles. The van der Waals surface area contributed by atoms with Crippen molar-refractivity contribution in [2.45, 2.75) is 31.9 Å². The Balaban J connectivity index is 2.20. The van der Waals surface area contributed by atoms with Crippen LogP contribution in [0.25, 0.3) is 0 Å². The van der Waals surface area contributed by atoms with Crippen molar-refractivity contribution in [3.05, 3.63) is 12.2 Å². The third-order valence-electron chi connectivity index (χ3n) is 2.64. The zero-order chi connectivity index (χ0) is 9.68. The fraction of sp³-hybridized carbons (Fsp3) is 0.818. The standard InChI is InChI=1S/C11H21NS/c1-9(2)8-13-10(3)11-4-6-12-7-5-11/h10-12H,1,4-8H2,2-3H3. The number of hydrogen-bond acceptors (Lipinski definition) is 2. The van der Waals surface area contributed by atoms with Crippen molar-refractivity contribution in [1.82, 2.24) is 5.32 Å². The smallest absolute Gasteiger partial charge is 0.0140 e. The molecule has 2 heteroatoms. The fourth-order valence-corrected chi connectivity index (χ4v) is 2.82.